The molecule has 2 aromatic rings. The zero-order valence-corrected chi connectivity index (χ0v) is 14.9. The number of carbonyl (C=O) groups is 2. The van der Waals surface area contributed by atoms with E-state index in [0.29, 0.717) is 17.2 Å². The molecule has 2 N–H and O–H groups in total. The van der Waals surface area contributed by atoms with Crippen molar-refractivity contribution in [2.45, 2.75) is 57.4 Å². The van der Waals surface area contributed by atoms with Crippen molar-refractivity contribution in [3.8, 4) is 0 Å². The first-order chi connectivity index (χ1) is 12.6. The van der Waals surface area contributed by atoms with Gasteiger partial charge in [0.25, 0.3) is 11.8 Å². The maximum Gasteiger partial charge on any atom is 0.277 e. The van der Waals surface area contributed by atoms with E-state index in [-0.39, 0.29) is 23.6 Å². The number of anilines is 1. The van der Waals surface area contributed by atoms with Crippen LogP contribution < -0.4 is 10.6 Å². The third-order valence-corrected chi connectivity index (χ3v) is 5.16. The molecule has 0 atom stereocenters. The van der Waals surface area contributed by atoms with E-state index in [4.69, 9.17) is 4.52 Å². The molecule has 2 amide bonds. The smallest absolute Gasteiger partial charge is 0.277 e. The molecule has 4 rings (SSSR count). The minimum Gasteiger partial charge on any atom is -0.360 e. The van der Waals surface area contributed by atoms with Crippen LogP contribution in [0.1, 0.15) is 76.6 Å². The van der Waals surface area contributed by atoms with Crippen LogP contribution in [0.4, 0.5) is 5.69 Å². The average Bonchev–Trinajstić information content (AvgIpc) is 3.12. The number of aromatic nitrogens is 1. The van der Waals surface area contributed by atoms with E-state index < -0.39 is 0 Å². The van der Waals surface area contributed by atoms with Gasteiger partial charge in [-0.3, -0.25) is 9.59 Å². The van der Waals surface area contributed by atoms with E-state index in [0.717, 1.165) is 37.0 Å². The quantitative estimate of drug-likeness (QED) is 0.856. The van der Waals surface area contributed by atoms with Crippen LogP contribution in [0.3, 0.4) is 0 Å². The summed E-state index contributed by atoms with van der Waals surface area (Å²) >= 11 is 0. The van der Waals surface area contributed by atoms with E-state index in [1.165, 1.54) is 12.8 Å². The topological polar surface area (TPSA) is 84.2 Å². The predicted molar refractivity (Wildman–Crippen MR) is 97.3 cm³/mol. The van der Waals surface area contributed by atoms with Gasteiger partial charge in [-0.05, 0) is 56.4 Å². The summed E-state index contributed by atoms with van der Waals surface area (Å²) in [4.78, 5) is 24.7. The average molecular weight is 353 g/mol. The molecule has 2 saturated carbocycles. The second kappa shape index (κ2) is 6.94. The Bertz CT molecular complexity index is 833. The van der Waals surface area contributed by atoms with Gasteiger partial charge in [-0.2, -0.15) is 0 Å². The number of amides is 2. The van der Waals surface area contributed by atoms with Crippen molar-refractivity contribution in [1.29, 1.82) is 0 Å². The highest BCUT2D eigenvalue weighted by molar-refractivity contribution is 6.03. The first-order valence-electron chi connectivity index (χ1n) is 9.29. The highest BCUT2D eigenvalue weighted by Crippen LogP contribution is 2.40. The fraction of sp³-hybridized carbons (Fsp3) is 0.450. The summed E-state index contributed by atoms with van der Waals surface area (Å²) < 4.78 is 5.22. The lowest BCUT2D eigenvalue weighted by molar-refractivity contribution is 0.0936. The third kappa shape index (κ3) is 3.64. The van der Waals surface area contributed by atoms with E-state index in [1.807, 2.05) is 13.0 Å². The maximum absolute atomic E-state index is 12.4. The number of benzene rings is 1. The molecule has 0 spiro atoms. The number of nitrogens with one attached hydrogen (secondary N) is 2. The molecular formula is C20H23N3O3. The third-order valence-electron chi connectivity index (χ3n) is 5.16. The zero-order valence-electron chi connectivity index (χ0n) is 14.9. The van der Waals surface area contributed by atoms with E-state index >= 15 is 0 Å². The Hall–Kier alpha value is -2.63. The first kappa shape index (κ1) is 16.8. The van der Waals surface area contributed by atoms with Gasteiger partial charge in [-0.25, -0.2) is 0 Å². The Labute approximate surface area is 152 Å². The Kier molecular flexibility index (Phi) is 4.49. The summed E-state index contributed by atoms with van der Waals surface area (Å²) in [5.74, 6) is 0.857. The molecule has 1 aromatic carbocycles. The Morgan fingerprint density at radius 1 is 1.08 bits per heavy atom. The molecule has 0 bridgehead atoms. The second-order valence-electron chi connectivity index (χ2n) is 7.33. The number of nitrogens with zero attached hydrogens (tertiary/aromatic N) is 1. The number of hydrogen-bond donors (Lipinski definition) is 2. The number of rotatable bonds is 5. The van der Waals surface area contributed by atoms with Gasteiger partial charge in [0.15, 0.2) is 5.69 Å². The number of carbonyl (C=O) groups excluding carboxylic acids is 2. The first-order valence-corrected chi connectivity index (χ1v) is 9.29. The molecular weight excluding hydrogens is 330 g/mol. The van der Waals surface area contributed by atoms with Crippen molar-refractivity contribution in [3.05, 3.63) is 46.8 Å². The van der Waals surface area contributed by atoms with Crippen LogP contribution in [-0.2, 0) is 0 Å². The zero-order chi connectivity index (χ0) is 18.1. The van der Waals surface area contributed by atoms with Crippen LogP contribution in [0, 0.1) is 6.92 Å². The van der Waals surface area contributed by atoms with Crippen LogP contribution >= 0.6 is 0 Å². The summed E-state index contributed by atoms with van der Waals surface area (Å²) in [6.07, 6.45) is 6.66. The van der Waals surface area contributed by atoms with Gasteiger partial charge in [0, 0.05) is 29.3 Å². The van der Waals surface area contributed by atoms with Crippen molar-refractivity contribution in [1.82, 2.24) is 10.5 Å². The highest BCUT2D eigenvalue weighted by Gasteiger charge is 2.29. The normalized spacial score (nSPS) is 17.3. The van der Waals surface area contributed by atoms with E-state index in [2.05, 4.69) is 15.8 Å². The van der Waals surface area contributed by atoms with Crippen molar-refractivity contribution < 1.29 is 14.1 Å². The van der Waals surface area contributed by atoms with Crippen LogP contribution in [-0.4, -0.2) is 23.0 Å². The summed E-state index contributed by atoms with van der Waals surface area (Å²) in [5, 5.41) is 9.76. The number of aryl methyl sites for hydroxylation is 1. The van der Waals surface area contributed by atoms with Crippen molar-refractivity contribution in [3.63, 3.8) is 0 Å². The molecule has 1 heterocycles. The van der Waals surface area contributed by atoms with Gasteiger partial charge in [0.2, 0.25) is 0 Å². The maximum atomic E-state index is 12.4. The van der Waals surface area contributed by atoms with Gasteiger partial charge in [0.1, 0.15) is 5.76 Å². The van der Waals surface area contributed by atoms with Gasteiger partial charge in [0.05, 0.1) is 0 Å². The van der Waals surface area contributed by atoms with Gasteiger partial charge < -0.3 is 15.2 Å². The summed E-state index contributed by atoms with van der Waals surface area (Å²) in [6, 6.07) is 7.31. The minimum atomic E-state index is -0.303. The Morgan fingerprint density at radius 2 is 1.85 bits per heavy atom. The molecule has 0 unspecified atom stereocenters. The molecule has 1 aromatic heterocycles. The molecule has 0 aliphatic heterocycles. The largest absolute Gasteiger partial charge is 0.360 e. The lowest BCUT2D eigenvalue weighted by atomic mass is 10.1. The summed E-state index contributed by atoms with van der Waals surface area (Å²) in [7, 11) is 0. The van der Waals surface area contributed by atoms with Crippen LogP contribution in [0.25, 0.3) is 0 Å². The lowest BCUT2D eigenvalue weighted by Crippen LogP contribution is -2.33. The lowest BCUT2D eigenvalue weighted by Gasteiger charge is -2.14. The van der Waals surface area contributed by atoms with E-state index in [9.17, 15) is 9.59 Å². The van der Waals surface area contributed by atoms with E-state index in [1.54, 1.807) is 18.2 Å². The molecule has 136 valence electrons. The van der Waals surface area contributed by atoms with Crippen LogP contribution in [0.5, 0.6) is 0 Å². The Balaban J connectivity index is 1.41. The second-order valence-corrected chi connectivity index (χ2v) is 7.33. The molecule has 2 aliphatic carbocycles. The molecule has 2 aliphatic rings. The Morgan fingerprint density at radius 3 is 2.54 bits per heavy atom. The summed E-state index contributed by atoms with van der Waals surface area (Å²) in [5.41, 5.74) is 2.40. The summed E-state index contributed by atoms with van der Waals surface area (Å²) in [6.45, 7) is 1.88. The van der Waals surface area contributed by atoms with Crippen LogP contribution in [0.2, 0.25) is 0 Å². The molecule has 6 heteroatoms. The minimum absolute atomic E-state index is 0.0437. The SMILES string of the molecule is Cc1cc(NC(=O)c2cc(C3CC3)on2)ccc1C(=O)NC1CCCC1. The standard InChI is InChI=1S/C20H23N3O3/c1-12-10-15(8-9-16(12)19(24)21-14-4-2-3-5-14)22-20(25)17-11-18(26-23-17)13-6-7-13/h8-11,13-14H,2-7H2,1H3,(H,21,24)(H,22,25). The molecule has 2 fully saturated rings. The van der Waals surface area contributed by atoms with Gasteiger partial charge in [-0.15, -0.1) is 0 Å². The van der Waals surface area contributed by atoms with Crippen LogP contribution in [0.15, 0.2) is 28.8 Å². The molecule has 0 radical (unpaired) electrons. The monoisotopic (exact) mass is 353 g/mol. The molecule has 26 heavy (non-hydrogen) atoms. The predicted octanol–water partition coefficient (Wildman–Crippen LogP) is 3.79. The van der Waals surface area contributed by atoms with Crippen molar-refractivity contribution in [2.24, 2.45) is 0 Å². The molecule has 0 saturated heterocycles. The highest BCUT2D eigenvalue weighted by atomic mass is 16.5. The number of hydrogen-bond acceptors (Lipinski definition) is 4. The fourth-order valence-corrected chi connectivity index (χ4v) is 3.48. The van der Waals surface area contributed by atoms with Gasteiger partial charge >= 0.3 is 0 Å². The molecule has 6 nitrogen and oxygen atoms in total. The fourth-order valence-electron chi connectivity index (χ4n) is 3.48. The van der Waals surface area contributed by atoms with Crippen molar-refractivity contribution >= 4 is 17.5 Å². The van der Waals surface area contributed by atoms with Crippen molar-refractivity contribution in [2.75, 3.05) is 5.32 Å². The van der Waals surface area contributed by atoms with Gasteiger partial charge in [-0.1, -0.05) is 18.0 Å².